The van der Waals surface area contributed by atoms with E-state index in [0.717, 1.165) is 25.1 Å². The van der Waals surface area contributed by atoms with Crippen molar-refractivity contribution >= 4 is 49.6 Å². The molecule has 1 N–H and O–H groups in total. The molecule has 26 heteroatoms. The molecule has 75 heavy (non-hydrogen) atoms. The van der Waals surface area contributed by atoms with Gasteiger partial charge in [0, 0.05) is 23.5 Å². The lowest BCUT2D eigenvalue weighted by molar-refractivity contribution is -0.274. The highest BCUT2D eigenvalue weighted by Gasteiger charge is 2.38. The average molecular weight is 1070 g/mol. The molecule has 0 aliphatic carbocycles. The van der Waals surface area contributed by atoms with Gasteiger partial charge >= 0.3 is 38.4 Å². The lowest BCUT2D eigenvalue weighted by Crippen LogP contribution is -2.44. The van der Waals surface area contributed by atoms with Gasteiger partial charge in [-0.3, -0.25) is 19.2 Å². The molecule has 2 atom stereocenters. The van der Waals surface area contributed by atoms with Crippen molar-refractivity contribution < 1.29 is 88.5 Å². The van der Waals surface area contributed by atoms with Crippen LogP contribution in [0.3, 0.4) is 0 Å². The number of aryl methyl sites for hydroxylation is 1. The molecule has 3 aromatic carbocycles. The second kappa shape index (κ2) is 22.5. The molecule has 0 aliphatic heterocycles. The summed E-state index contributed by atoms with van der Waals surface area (Å²) < 4.78 is 110. The fourth-order valence-electron chi connectivity index (χ4n) is 6.67. The lowest BCUT2D eigenvalue weighted by atomic mass is 10.0. The van der Waals surface area contributed by atoms with E-state index in [1.54, 1.807) is 71.9 Å². The first-order valence-corrected chi connectivity index (χ1v) is 23.7. The van der Waals surface area contributed by atoms with E-state index >= 15 is 4.39 Å². The number of methoxy groups -OCH3 is 1. The van der Waals surface area contributed by atoms with Crippen molar-refractivity contribution in [3.63, 3.8) is 0 Å². The molecule has 0 radical (unpaired) electrons. The van der Waals surface area contributed by atoms with Gasteiger partial charge in [-0.15, -0.1) is 23.2 Å². The highest BCUT2D eigenvalue weighted by atomic mass is 31.2. The van der Waals surface area contributed by atoms with E-state index in [0.29, 0.717) is 39.1 Å². The molecule has 0 saturated carbocycles. The Morgan fingerprint density at radius 3 is 2.11 bits per heavy atom. The number of amides is 4. The first-order valence-electron chi connectivity index (χ1n) is 22.2. The molecule has 0 spiro atoms. The van der Waals surface area contributed by atoms with Gasteiger partial charge in [-0.25, -0.2) is 37.5 Å². The molecule has 3 heterocycles. The van der Waals surface area contributed by atoms with Gasteiger partial charge in [0.25, 0.3) is 11.9 Å². The number of phosphoric ester groups is 1. The number of halogens is 4. The van der Waals surface area contributed by atoms with Crippen LogP contribution < -0.4 is 18.9 Å². The van der Waals surface area contributed by atoms with Crippen molar-refractivity contribution in [1.82, 2.24) is 24.5 Å². The predicted octanol–water partition coefficient (Wildman–Crippen LogP) is 10.7. The van der Waals surface area contributed by atoms with Crippen LogP contribution in [0.15, 0.2) is 97.3 Å². The monoisotopic (exact) mass is 1070 g/mol. The Balaban J connectivity index is 1.27. The zero-order chi connectivity index (χ0) is 55.2. The number of ether oxygens (including phenoxy) is 6. The van der Waals surface area contributed by atoms with Gasteiger partial charge in [-0.2, -0.15) is 4.98 Å². The molecule has 0 bridgehead atoms. The van der Waals surface area contributed by atoms with Crippen LogP contribution in [0.4, 0.5) is 37.9 Å². The Labute approximate surface area is 425 Å². The maximum Gasteiger partial charge on any atom is 0.573 e. The summed E-state index contributed by atoms with van der Waals surface area (Å²) in [5.41, 5.74) is -2.07. The summed E-state index contributed by atoms with van der Waals surface area (Å²) in [5, 5.41) is 4.26. The van der Waals surface area contributed by atoms with E-state index in [2.05, 4.69) is 19.8 Å². The van der Waals surface area contributed by atoms with Crippen LogP contribution >= 0.6 is 7.82 Å². The Bertz CT molecular complexity index is 3130. The van der Waals surface area contributed by atoms with Gasteiger partial charge in [0.1, 0.15) is 22.8 Å². The van der Waals surface area contributed by atoms with E-state index in [1.165, 1.54) is 49.1 Å². The van der Waals surface area contributed by atoms with Crippen LogP contribution in [0, 0.1) is 12.7 Å². The van der Waals surface area contributed by atoms with E-state index in [-0.39, 0.29) is 46.1 Å². The number of alkyl halides is 3. The topological polar surface area (TPSA) is 246 Å². The maximum atomic E-state index is 15.5. The SMILES string of the molecule is COc1cc(C(=O)OCOC(=O)N(C(=O)c2cc(-c3ccn4nc(N(C(=O)OC(C)(C)C)C(=O)OC(C)(C)C)nc4c3)cnc2C)[C@H](C)c2cc(OC(F)(F)F)ccc2F)ccc1OP(=O)(O)OCc1ccccc1. The van der Waals surface area contributed by atoms with Crippen LogP contribution in [0.25, 0.3) is 16.8 Å². The number of rotatable bonds is 15. The predicted molar refractivity (Wildman–Crippen MR) is 255 cm³/mol. The summed E-state index contributed by atoms with van der Waals surface area (Å²) in [5.74, 6) is -5.34. The third-order valence-corrected chi connectivity index (χ3v) is 10.9. The number of pyridine rings is 2. The summed E-state index contributed by atoms with van der Waals surface area (Å²) in [6, 6.07) is 16.2. The Kier molecular flexibility index (Phi) is 16.9. The number of fused-ring (bicyclic) bond motifs is 1. The lowest BCUT2D eigenvalue weighted by Gasteiger charge is -2.28. The summed E-state index contributed by atoms with van der Waals surface area (Å²) in [7, 11) is -3.56. The van der Waals surface area contributed by atoms with Crippen LogP contribution in [-0.2, 0) is 34.6 Å². The van der Waals surface area contributed by atoms with Gasteiger partial charge in [-0.1, -0.05) is 30.3 Å². The molecule has 6 rings (SSSR count). The van der Waals surface area contributed by atoms with Crippen molar-refractivity contribution in [3.8, 4) is 28.4 Å². The van der Waals surface area contributed by atoms with E-state index < -0.39 is 91.5 Å². The van der Waals surface area contributed by atoms with Crippen LogP contribution in [0.1, 0.15) is 92.0 Å². The molecule has 6 aromatic rings. The van der Waals surface area contributed by atoms with Crippen molar-refractivity contribution in [3.05, 3.63) is 131 Å². The molecular weight excluding hydrogens is 1020 g/mol. The molecule has 3 aromatic heterocycles. The minimum absolute atomic E-state index is 0.00712. The zero-order valence-electron chi connectivity index (χ0n) is 41.5. The number of carbonyl (C=O) groups excluding carboxylic acids is 5. The number of aromatic nitrogens is 4. The Hall–Kier alpha value is -8.15. The highest BCUT2D eigenvalue weighted by Crippen LogP contribution is 2.47. The third-order valence-electron chi connectivity index (χ3n) is 10.0. The Morgan fingerprint density at radius 2 is 1.48 bits per heavy atom. The van der Waals surface area contributed by atoms with Crippen molar-refractivity contribution in [2.24, 2.45) is 0 Å². The largest absolute Gasteiger partial charge is 0.573 e. The first kappa shape index (κ1) is 56.2. The maximum absolute atomic E-state index is 15.5. The van der Waals surface area contributed by atoms with Gasteiger partial charge in [-0.05, 0) is 121 Å². The van der Waals surface area contributed by atoms with E-state index in [1.807, 2.05) is 0 Å². The molecule has 0 saturated heterocycles. The summed E-state index contributed by atoms with van der Waals surface area (Å²) in [6.45, 7) is 10.6. The van der Waals surface area contributed by atoms with Gasteiger partial charge in [0.05, 0.1) is 36.6 Å². The van der Waals surface area contributed by atoms with E-state index in [4.69, 9.17) is 32.7 Å². The van der Waals surface area contributed by atoms with Crippen LogP contribution in [-0.4, -0.2) is 91.0 Å². The smallest absolute Gasteiger partial charge is 0.493 e. The number of imide groups is 2. The molecule has 0 aliphatic rings. The number of benzene rings is 3. The molecule has 0 fully saturated rings. The summed E-state index contributed by atoms with van der Waals surface area (Å²) in [4.78, 5) is 88.3. The second-order valence-corrected chi connectivity index (χ2v) is 19.4. The molecule has 1 unspecified atom stereocenters. The van der Waals surface area contributed by atoms with E-state index in [9.17, 15) is 46.6 Å². The summed E-state index contributed by atoms with van der Waals surface area (Å²) in [6.07, 6.45) is -6.28. The van der Waals surface area contributed by atoms with Gasteiger partial charge in [0.15, 0.2) is 17.1 Å². The normalized spacial score (nSPS) is 12.9. The number of phosphoric acid groups is 1. The molecule has 398 valence electrons. The zero-order valence-corrected chi connectivity index (χ0v) is 42.4. The van der Waals surface area contributed by atoms with Crippen molar-refractivity contribution in [2.45, 2.75) is 85.6 Å². The minimum atomic E-state index is -5.21. The van der Waals surface area contributed by atoms with Crippen molar-refractivity contribution in [1.29, 1.82) is 0 Å². The fraction of sp³-hybridized carbons (Fsp3) is 0.306. The van der Waals surface area contributed by atoms with Crippen molar-refractivity contribution in [2.75, 3.05) is 18.8 Å². The molecular formula is C49H49F4N6O15P. The quantitative estimate of drug-likeness (QED) is 0.0330. The molecule has 21 nitrogen and oxygen atoms in total. The van der Waals surface area contributed by atoms with Crippen LogP contribution in [0.2, 0.25) is 0 Å². The average Bonchev–Trinajstić information content (AvgIpc) is 3.73. The number of hydrogen-bond acceptors (Lipinski definition) is 17. The standard InChI is InChI=1S/C49H49F4N6O15P/c1-28-35(21-33(25-54-28)31-19-20-57-40(23-31)55-43(56-57)59(45(63)72-47(3,4)5)46(64)73-48(6,7)8)41(60)58(29(2)36-24-34(16-17-37(36)50)71-49(51,52)53)44(62)69-27-68-42(61)32-15-18-38(39(22-32)67-9)74-75(65,66)70-26-30-13-11-10-12-14-30/h10-25,29H,26-27H2,1-9H3,(H,65,66)/t29-/m1/s1. The van der Waals surface area contributed by atoms with Gasteiger partial charge in [0.2, 0.25) is 6.79 Å². The Morgan fingerprint density at radius 1 is 0.813 bits per heavy atom. The van der Waals surface area contributed by atoms with Crippen LogP contribution in [0.5, 0.6) is 17.2 Å². The number of hydrogen-bond donors (Lipinski definition) is 1. The minimum Gasteiger partial charge on any atom is -0.493 e. The number of carbonyl (C=O) groups is 5. The number of esters is 1. The van der Waals surface area contributed by atoms with Gasteiger partial charge < -0.3 is 32.9 Å². The number of anilines is 1. The first-order chi connectivity index (χ1) is 35.0. The fourth-order valence-corrected chi connectivity index (χ4v) is 7.43. The molecule has 4 amide bonds. The third kappa shape index (κ3) is 15.0. The summed E-state index contributed by atoms with van der Waals surface area (Å²) >= 11 is 0. The second-order valence-electron chi connectivity index (χ2n) is 18.0. The number of nitrogens with zero attached hydrogens (tertiary/aromatic N) is 6. The highest BCUT2D eigenvalue weighted by molar-refractivity contribution is 7.47.